The third-order valence-electron chi connectivity index (χ3n) is 7.67. The highest BCUT2D eigenvalue weighted by molar-refractivity contribution is 5.91. The highest BCUT2D eigenvalue weighted by atomic mass is 19.1. The lowest BCUT2D eigenvalue weighted by atomic mass is 9.78. The molecule has 0 radical (unpaired) electrons. The molecular weight excluding hydrogens is 479 g/mol. The summed E-state index contributed by atoms with van der Waals surface area (Å²) >= 11 is 0. The van der Waals surface area contributed by atoms with Crippen LogP contribution in [0.2, 0.25) is 0 Å². The molecular formula is C33H47FO4. The van der Waals surface area contributed by atoms with Gasteiger partial charge in [-0.15, -0.1) is 0 Å². The highest BCUT2D eigenvalue weighted by Crippen LogP contribution is 2.34. The number of esters is 1. The van der Waals surface area contributed by atoms with Gasteiger partial charge in [0.2, 0.25) is 0 Å². The second-order valence-electron chi connectivity index (χ2n) is 10.8. The Hall–Kier alpha value is -2.56. The predicted octanol–water partition coefficient (Wildman–Crippen LogP) is 9.55. The van der Waals surface area contributed by atoms with Crippen LogP contribution in [0.1, 0.15) is 114 Å². The Bertz CT molecular complexity index is 935. The van der Waals surface area contributed by atoms with Gasteiger partial charge in [-0.3, -0.25) is 0 Å². The average Bonchev–Trinajstić information content (AvgIpc) is 2.93. The molecule has 1 saturated carbocycles. The van der Waals surface area contributed by atoms with Crippen molar-refractivity contribution in [3.8, 4) is 17.2 Å². The lowest BCUT2D eigenvalue weighted by Crippen LogP contribution is -2.15. The van der Waals surface area contributed by atoms with E-state index in [0.29, 0.717) is 19.0 Å². The maximum Gasteiger partial charge on any atom is 0.343 e. The standard InChI is InChI=1S/C33H47FO4/c1-3-5-7-8-9-11-26-13-15-27(16-14-26)12-10-24-36-29-18-20-30(21-19-29)38-33(35)28-17-22-32(31(34)25-28)37-23-6-4-2/h17-22,25-27H,3-16,23-24H2,1-2H3. The van der Waals surface area contributed by atoms with Crippen LogP contribution >= 0.6 is 0 Å². The van der Waals surface area contributed by atoms with E-state index in [1.165, 1.54) is 82.8 Å². The Morgan fingerprint density at radius 1 is 0.737 bits per heavy atom. The molecule has 38 heavy (non-hydrogen) atoms. The zero-order chi connectivity index (χ0) is 27.0. The van der Waals surface area contributed by atoms with Gasteiger partial charge < -0.3 is 14.2 Å². The molecule has 0 atom stereocenters. The molecule has 1 aliphatic rings. The lowest BCUT2D eigenvalue weighted by Gasteiger charge is -2.28. The molecule has 1 aliphatic carbocycles. The van der Waals surface area contributed by atoms with Crippen LogP contribution in [-0.4, -0.2) is 19.2 Å². The molecule has 0 amide bonds. The molecule has 0 aliphatic heterocycles. The summed E-state index contributed by atoms with van der Waals surface area (Å²) in [6.45, 7) is 5.47. The Balaban J connectivity index is 1.30. The van der Waals surface area contributed by atoms with Gasteiger partial charge in [-0.05, 0) is 73.6 Å². The number of hydrogen-bond donors (Lipinski definition) is 0. The summed E-state index contributed by atoms with van der Waals surface area (Å²) in [4.78, 5) is 12.4. The minimum Gasteiger partial charge on any atom is -0.494 e. The zero-order valence-corrected chi connectivity index (χ0v) is 23.5. The second kappa shape index (κ2) is 17.1. The molecule has 0 aromatic heterocycles. The van der Waals surface area contributed by atoms with Crippen molar-refractivity contribution >= 4 is 5.97 Å². The molecule has 0 bridgehead atoms. The van der Waals surface area contributed by atoms with Gasteiger partial charge in [-0.2, -0.15) is 0 Å². The van der Waals surface area contributed by atoms with E-state index < -0.39 is 11.8 Å². The molecule has 0 saturated heterocycles. The van der Waals surface area contributed by atoms with Crippen LogP contribution in [0.3, 0.4) is 0 Å². The van der Waals surface area contributed by atoms with Crippen LogP contribution in [0.4, 0.5) is 4.39 Å². The lowest BCUT2D eigenvalue weighted by molar-refractivity contribution is 0.0734. The van der Waals surface area contributed by atoms with Crippen molar-refractivity contribution in [2.75, 3.05) is 13.2 Å². The highest BCUT2D eigenvalue weighted by Gasteiger charge is 2.20. The summed E-state index contributed by atoms with van der Waals surface area (Å²) in [5.74, 6) is 1.94. The third kappa shape index (κ3) is 10.7. The monoisotopic (exact) mass is 526 g/mol. The SMILES string of the molecule is CCCCCCCC1CCC(CCCOc2ccc(OC(=O)c3ccc(OCCCC)c(F)c3)cc2)CC1. The van der Waals surface area contributed by atoms with Crippen LogP contribution in [0, 0.1) is 17.7 Å². The second-order valence-corrected chi connectivity index (χ2v) is 10.8. The van der Waals surface area contributed by atoms with E-state index in [2.05, 4.69) is 6.92 Å². The summed E-state index contributed by atoms with van der Waals surface area (Å²) in [5.41, 5.74) is 0.145. The van der Waals surface area contributed by atoms with Gasteiger partial charge in [0, 0.05) is 0 Å². The molecule has 0 spiro atoms. The number of benzene rings is 2. The number of hydrogen-bond acceptors (Lipinski definition) is 4. The molecule has 4 nitrogen and oxygen atoms in total. The fourth-order valence-corrected chi connectivity index (χ4v) is 5.25. The van der Waals surface area contributed by atoms with E-state index in [9.17, 15) is 9.18 Å². The number of ether oxygens (including phenoxy) is 3. The van der Waals surface area contributed by atoms with Gasteiger partial charge in [0.05, 0.1) is 18.8 Å². The first-order valence-corrected chi connectivity index (χ1v) is 15.0. The molecule has 2 aromatic rings. The smallest absolute Gasteiger partial charge is 0.343 e. The average molecular weight is 527 g/mol. The predicted molar refractivity (Wildman–Crippen MR) is 152 cm³/mol. The van der Waals surface area contributed by atoms with Crippen molar-refractivity contribution in [2.45, 2.75) is 104 Å². The van der Waals surface area contributed by atoms with Gasteiger partial charge in [0.25, 0.3) is 0 Å². The molecule has 2 aromatic carbocycles. The van der Waals surface area contributed by atoms with E-state index in [-0.39, 0.29) is 11.3 Å². The van der Waals surface area contributed by atoms with Gasteiger partial charge >= 0.3 is 5.97 Å². The van der Waals surface area contributed by atoms with E-state index >= 15 is 0 Å². The first-order valence-electron chi connectivity index (χ1n) is 15.0. The van der Waals surface area contributed by atoms with Gasteiger partial charge in [-0.25, -0.2) is 9.18 Å². The third-order valence-corrected chi connectivity index (χ3v) is 7.67. The van der Waals surface area contributed by atoms with Crippen LogP contribution < -0.4 is 14.2 Å². The van der Waals surface area contributed by atoms with E-state index in [1.54, 1.807) is 24.3 Å². The number of rotatable bonds is 17. The van der Waals surface area contributed by atoms with Crippen molar-refractivity contribution in [3.05, 3.63) is 53.8 Å². The maximum atomic E-state index is 14.2. The largest absolute Gasteiger partial charge is 0.494 e. The van der Waals surface area contributed by atoms with Gasteiger partial charge in [-0.1, -0.05) is 84.5 Å². The van der Waals surface area contributed by atoms with Crippen molar-refractivity contribution in [2.24, 2.45) is 11.8 Å². The Labute approximate surface area is 229 Å². The normalized spacial score (nSPS) is 17.2. The number of carbonyl (C=O) groups excluding carboxylic acids is 1. The van der Waals surface area contributed by atoms with Crippen molar-refractivity contribution in [3.63, 3.8) is 0 Å². The summed E-state index contributed by atoms with van der Waals surface area (Å²) in [6, 6.07) is 11.2. The summed E-state index contributed by atoms with van der Waals surface area (Å²) in [6.07, 6.45) is 18.1. The van der Waals surface area contributed by atoms with Gasteiger partial charge in [0.1, 0.15) is 11.5 Å². The summed E-state index contributed by atoms with van der Waals surface area (Å²) in [7, 11) is 0. The van der Waals surface area contributed by atoms with E-state index in [1.807, 2.05) is 6.92 Å². The maximum absolute atomic E-state index is 14.2. The van der Waals surface area contributed by atoms with Crippen molar-refractivity contribution in [1.82, 2.24) is 0 Å². The number of unbranched alkanes of at least 4 members (excludes halogenated alkanes) is 5. The zero-order valence-electron chi connectivity index (χ0n) is 23.5. The molecule has 3 rings (SSSR count). The molecule has 210 valence electrons. The van der Waals surface area contributed by atoms with Crippen molar-refractivity contribution in [1.29, 1.82) is 0 Å². The van der Waals surface area contributed by atoms with Crippen LogP contribution in [-0.2, 0) is 0 Å². The van der Waals surface area contributed by atoms with Crippen LogP contribution in [0.5, 0.6) is 17.2 Å². The minimum absolute atomic E-state index is 0.145. The fraction of sp³-hybridized carbons (Fsp3) is 0.606. The Morgan fingerprint density at radius 3 is 2.00 bits per heavy atom. The molecule has 0 unspecified atom stereocenters. The van der Waals surface area contributed by atoms with Crippen LogP contribution in [0.25, 0.3) is 0 Å². The fourth-order valence-electron chi connectivity index (χ4n) is 5.25. The van der Waals surface area contributed by atoms with Crippen molar-refractivity contribution < 1.29 is 23.4 Å². The molecule has 1 fully saturated rings. The Morgan fingerprint density at radius 2 is 1.34 bits per heavy atom. The first kappa shape index (κ1) is 30.0. The number of carbonyl (C=O) groups is 1. The summed E-state index contributed by atoms with van der Waals surface area (Å²) in [5, 5.41) is 0. The number of halogens is 1. The topological polar surface area (TPSA) is 44.8 Å². The van der Waals surface area contributed by atoms with Gasteiger partial charge in [0.15, 0.2) is 11.6 Å². The van der Waals surface area contributed by atoms with E-state index in [0.717, 1.165) is 42.9 Å². The van der Waals surface area contributed by atoms with E-state index in [4.69, 9.17) is 14.2 Å². The molecule has 5 heteroatoms. The van der Waals surface area contributed by atoms with Crippen LogP contribution in [0.15, 0.2) is 42.5 Å². The molecule has 0 N–H and O–H groups in total. The first-order chi connectivity index (χ1) is 18.6. The Kier molecular flexibility index (Phi) is 13.5. The summed E-state index contributed by atoms with van der Waals surface area (Å²) < 4.78 is 31.0. The quantitative estimate of drug-likeness (QED) is 0.117. The minimum atomic E-state index is -0.608. The molecule has 0 heterocycles.